The Labute approximate surface area is 133 Å². The molecule has 0 bridgehead atoms. The predicted molar refractivity (Wildman–Crippen MR) is 89.6 cm³/mol. The largest absolute Gasteiger partial charge is 0.491 e. The molecule has 2 N–H and O–H groups in total. The van der Waals surface area contributed by atoms with E-state index in [2.05, 4.69) is 32.9 Å². The lowest BCUT2D eigenvalue weighted by Gasteiger charge is -2.19. The molecule has 0 spiro atoms. The van der Waals surface area contributed by atoms with Gasteiger partial charge in [-0.3, -0.25) is 4.98 Å². The minimum atomic E-state index is 0.646. The van der Waals surface area contributed by atoms with Crippen LogP contribution in [0.2, 0.25) is 0 Å². The Balaban J connectivity index is 1.73. The van der Waals surface area contributed by atoms with Gasteiger partial charge in [-0.25, -0.2) is 0 Å². The molecular formula is C16H20BrN3O. The lowest BCUT2D eigenvalue weighted by atomic mass is 10.1. The van der Waals surface area contributed by atoms with Crippen molar-refractivity contribution in [2.45, 2.75) is 25.3 Å². The highest BCUT2D eigenvalue weighted by atomic mass is 79.9. The number of hydrogen-bond acceptors (Lipinski definition) is 4. The molecule has 1 unspecified atom stereocenters. The number of nitrogen functional groups attached to an aromatic ring is 1. The van der Waals surface area contributed by atoms with E-state index in [4.69, 9.17) is 10.5 Å². The van der Waals surface area contributed by atoms with Crippen molar-refractivity contribution in [3.8, 4) is 5.75 Å². The summed E-state index contributed by atoms with van der Waals surface area (Å²) >= 11 is 3.43. The summed E-state index contributed by atoms with van der Waals surface area (Å²) < 4.78 is 6.89. The fraction of sp³-hybridized carbons (Fsp3) is 0.438. The van der Waals surface area contributed by atoms with Gasteiger partial charge in [0.1, 0.15) is 11.3 Å². The first kappa shape index (κ1) is 14.6. The third-order valence-electron chi connectivity index (χ3n) is 4.19. The summed E-state index contributed by atoms with van der Waals surface area (Å²) in [6, 6.07) is 6.42. The Morgan fingerprint density at radius 2 is 2.33 bits per heavy atom. The number of rotatable bonds is 4. The Hall–Kier alpha value is -1.33. The van der Waals surface area contributed by atoms with Crippen LogP contribution < -0.4 is 10.5 Å². The number of hydrogen-bond donors (Lipinski definition) is 1. The molecule has 4 nitrogen and oxygen atoms in total. The molecule has 0 radical (unpaired) electrons. The van der Waals surface area contributed by atoms with Crippen LogP contribution in [-0.4, -0.2) is 36.1 Å². The number of ether oxygens (including phenoxy) is 1. The highest BCUT2D eigenvalue weighted by Crippen LogP contribution is 2.30. The van der Waals surface area contributed by atoms with Crippen molar-refractivity contribution >= 4 is 32.5 Å². The summed E-state index contributed by atoms with van der Waals surface area (Å²) in [5, 5.41) is 0.930. The number of fused-ring (bicyclic) bond motifs is 1. The van der Waals surface area contributed by atoms with Crippen LogP contribution in [0.4, 0.5) is 5.69 Å². The lowest BCUT2D eigenvalue weighted by Crippen LogP contribution is -2.26. The van der Waals surface area contributed by atoms with Gasteiger partial charge in [0, 0.05) is 27.8 Å². The van der Waals surface area contributed by atoms with Gasteiger partial charge in [0.15, 0.2) is 0 Å². The van der Waals surface area contributed by atoms with Gasteiger partial charge in [-0.15, -0.1) is 0 Å². The molecule has 5 heteroatoms. The second-order valence-electron chi connectivity index (χ2n) is 5.62. The van der Waals surface area contributed by atoms with Crippen molar-refractivity contribution < 1.29 is 4.74 Å². The number of anilines is 1. The van der Waals surface area contributed by atoms with E-state index in [0.29, 0.717) is 12.6 Å². The Morgan fingerprint density at radius 1 is 1.48 bits per heavy atom. The smallest absolute Gasteiger partial charge is 0.145 e. The van der Waals surface area contributed by atoms with Crippen LogP contribution in [0.1, 0.15) is 19.3 Å². The summed E-state index contributed by atoms with van der Waals surface area (Å²) in [7, 11) is 2.19. The molecule has 21 heavy (non-hydrogen) atoms. The standard InChI is InChI=1S/C16H20BrN3O/c1-20-7-2-3-12(20)6-8-21-15-5-4-14(18)13-9-11(17)10-19-16(13)15/h4-5,9-10,12H,2-3,6-8,18H2,1H3. The molecule has 2 heterocycles. The van der Waals surface area contributed by atoms with E-state index in [1.54, 1.807) is 6.20 Å². The van der Waals surface area contributed by atoms with Crippen LogP contribution in [0.5, 0.6) is 5.75 Å². The van der Waals surface area contributed by atoms with E-state index < -0.39 is 0 Å². The maximum absolute atomic E-state index is 6.02. The van der Waals surface area contributed by atoms with Crippen LogP contribution >= 0.6 is 15.9 Å². The van der Waals surface area contributed by atoms with Gasteiger partial charge in [-0.1, -0.05) is 0 Å². The third-order valence-corrected chi connectivity index (χ3v) is 4.63. The third kappa shape index (κ3) is 3.14. The van der Waals surface area contributed by atoms with Crippen molar-refractivity contribution in [3.63, 3.8) is 0 Å². The molecule has 112 valence electrons. The maximum Gasteiger partial charge on any atom is 0.145 e. The average Bonchev–Trinajstić information content (AvgIpc) is 2.87. The molecule has 1 aromatic carbocycles. The van der Waals surface area contributed by atoms with E-state index in [1.165, 1.54) is 19.4 Å². The second-order valence-corrected chi connectivity index (χ2v) is 6.53. The summed E-state index contributed by atoms with van der Waals surface area (Å²) in [4.78, 5) is 6.86. The van der Waals surface area contributed by atoms with Gasteiger partial charge in [0.05, 0.1) is 6.61 Å². The number of likely N-dealkylation sites (tertiary alicyclic amines) is 1. The zero-order valence-electron chi connectivity index (χ0n) is 12.2. The quantitative estimate of drug-likeness (QED) is 0.859. The normalized spacial score (nSPS) is 19.2. The van der Waals surface area contributed by atoms with Gasteiger partial charge in [0.2, 0.25) is 0 Å². The second kappa shape index (κ2) is 6.20. The lowest BCUT2D eigenvalue weighted by molar-refractivity contribution is 0.234. The van der Waals surface area contributed by atoms with Crippen LogP contribution in [-0.2, 0) is 0 Å². The van der Waals surface area contributed by atoms with Crippen molar-refractivity contribution in [1.29, 1.82) is 0 Å². The SMILES string of the molecule is CN1CCCC1CCOc1ccc(N)c2cc(Br)cnc12. The Bertz CT molecular complexity index is 647. The van der Waals surface area contributed by atoms with E-state index in [1.807, 2.05) is 18.2 Å². The first-order valence-corrected chi connectivity index (χ1v) is 8.11. The molecule has 1 aromatic heterocycles. The molecular weight excluding hydrogens is 330 g/mol. The topological polar surface area (TPSA) is 51.4 Å². The molecule has 0 saturated carbocycles. The summed E-state index contributed by atoms with van der Waals surface area (Å²) in [5.41, 5.74) is 7.57. The molecule has 2 aromatic rings. The number of pyridine rings is 1. The van der Waals surface area contributed by atoms with Crippen molar-refractivity contribution in [3.05, 3.63) is 28.9 Å². The van der Waals surface area contributed by atoms with Crippen LogP contribution in [0.25, 0.3) is 10.9 Å². The number of halogens is 1. The average molecular weight is 350 g/mol. The predicted octanol–water partition coefficient (Wildman–Crippen LogP) is 3.44. The summed E-state index contributed by atoms with van der Waals surface area (Å²) in [6.45, 7) is 1.91. The molecule has 1 saturated heterocycles. The molecule has 0 amide bonds. The van der Waals surface area contributed by atoms with Gasteiger partial charge in [0.25, 0.3) is 0 Å². The first-order valence-electron chi connectivity index (χ1n) is 7.32. The van der Waals surface area contributed by atoms with Crippen molar-refractivity contribution in [2.24, 2.45) is 0 Å². The highest BCUT2D eigenvalue weighted by molar-refractivity contribution is 9.10. The monoisotopic (exact) mass is 349 g/mol. The molecule has 1 atom stereocenters. The highest BCUT2D eigenvalue weighted by Gasteiger charge is 2.20. The fourth-order valence-corrected chi connectivity index (χ4v) is 3.29. The van der Waals surface area contributed by atoms with Gasteiger partial charge in [-0.2, -0.15) is 0 Å². The minimum absolute atomic E-state index is 0.646. The van der Waals surface area contributed by atoms with Crippen LogP contribution in [0, 0.1) is 0 Å². The van der Waals surface area contributed by atoms with E-state index >= 15 is 0 Å². The molecule has 1 fully saturated rings. The number of nitrogens with zero attached hydrogens (tertiary/aromatic N) is 2. The molecule has 3 rings (SSSR count). The van der Waals surface area contributed by atoms with Gasteiger partial charge in [-0.05, 0) is 67.0 Å². The number of nitrogens with two attached hydrogens (primary N) is 1. The number of aromatic nitrogens is 1. The molecule has 1 aliphatic heterocycles. The van der Waals surface area contributed by atoms with Gasteiger partial charge < -0.3 is 15.4 Å². The van der Waals surface area contributed by atoms with Gasteiger partial charge >= 0.3 is 0 Å². The fourth-order valence-electron chi connectivity index (χ4n) is 2.96. The van der Waals surface area contributed by atoms with E-state index in [0.717, 1.165) is 33.2 Å². The zero-order chi connectivity index (χ0) is 14.8. The summed E-state index contributed by atoms with van der Waals surface area (Å²) in [6.07, 6.45) is 5.40. The molecule has 0 aliphatic carbocycles. The van der Waals surface area contributed by atoms with Crippen LogP contribution in [0.15, 0.2) is 28.9 Å². The zero-order valence-corrected chi connectivity index (χ0v) is 13.8. The van der Waals surface area contributed by atoms with E-state index in [-0.39, 0.29) is 0 Å². The first-order chi connectivity index (χ1) is 10.1. The minimum Gasteiger partial charge on any atom is -0.491 e. The Morgan fingerprint density at radius 3 is 3.10 bits per heavy atom. The summed E-state index contributed by atoms with van der Waals surface area (Å²) in [5.74, 6) is 0.812. The van der Waals surface area contributed by atoms with Crippen molar-refractivity contribution in [2.75, 3.05) is 25.9 Å². The maximum atomic E-state index is 6.02. The number of benzene rings is 1. The Kier molecular flexibility index (Phi) is 4.31. The van der Waals surface area contributed by atoms with Crippen molar-refractivity contribution in [1.82, 2.24) is 9.88 Å². The van der Waals surface area contributed by atoms with E-state index in [9.17, 15) is 0 Å². The molecule has 1 aliphatic rings. The van der Waals surface area contributed by atoms with Crippen LogP contribution in [0.3, 0.4) is 0 Å².